The number of hydrogen-bond donors (Lipinski definition) is 6. The molecule has 6 aliphatic heterocycles. The van der Waals surface area contributed by atoms with Gasteiger partial charge in [-0.3, -0.25) is 0 Å². The normalized spacial score (nSPS) is 16.7. The van der Waals surface area contributed by atoms with Crippen molar-refractivity contribution in [1.82, 2.24) is 62.6 Å². The maximum absolute atomic E-state index is 3.75. The Morgan fingerprint density at radius 2 is 0.476 bits per heavy atom. The molecule has 0 unspecified atom stereocenters. The fraction of sp³-hybridized carbons (Fsp3) is 0.429. The molecule has 6 rings (SSSR count). The minimum absolute atomic E-state index is 0. The third-order valence-electron chi connectivity index (χ3n) is 3.44. The van der Waals surface area contributed by atoms with E-state index in [1.165, 1.54) is 19.3 Å². The van der Waals surface area contributed by atoms with Gasteiger partial charge in [0.1, 0.15) is 0 Å². The Labute approximate surface area is 293 Å². The van der Waals surface area contributed by atoms with Gasteiger partial charge in [0.15, 0.2) is 0 Å². The number of hydrazone groups is 6. The second kappa shape index (κ2) is 30.2. The first kappa shape index (κ1) is 44.1. The summed E-state index contributed by atoms with van der Waals surface area (Å²) in [6.45, 7) is 23.0. The molecule has 0 atom stereocenters. The summed E-state index contributed by atoms with van der Waals surface area (Å²) >= 11 is 0. The molecular weight excluding hydrogens is 1090 g/mol. The van der Waals surface area contributed by atoms with Crippen molar-refractivity contribution in [3.05, 3.63) is 40.0 Å². The van der Waals surface area contributed by atoms with Crippen LogP contribution in [0.25, 0.3) is 0 Å². The summed E-state index contributed by atoms with van der Waals surface area (Å²) in [6, 6.07) is 0. The van der Waals surface area contributed by atoms with Gasteiger partial charge in [0.25, 0.3) is 0 Å². The molecule has 0 saturated carbocycles. The molecule has 6 N–H and O–H groups in total. The smallest absolute Gasteiger partial charge is 0.434 e. The van der Waals surface area contributed by atoms with Crippen molar-refractivity contribution in [3.8, 4) is 0 Å². The fourth-order valence-corrected chi connectivity index (χ4v) is 2.07. The molecule has 0 aromatic rings. The molecule has 246 valence electrons. The van der Waals surface area contributed by atoms with Crippen molar-refractivity contribution in [1.29, 1.82) is 0 Å². The first-order valence-electron chi connectivity index (χ1n) is 12.6. The van der Waals surface area contributed by atoms with Crippen LogP contribution in [0.3, 0.4) is 0 Å². The van der Waals surface area contributed by atoms with Crippen molar-refractivity contribution < 1.29 is 63.2 Å². The Kier molecular flexibility index (Phi) is 31.7. The average Bonchev–Trinajstić information content (AvgIpc) is 3.81. The van der Waals surface area contributed by atoms with E-state index < -0.39 is 0 Å². The molecule has 0 saturated heterocycles. The number of hydrazine groups is 3. The van der Waals surface area contributed by atoms with Crippen LogP contribution >= 0.6 is 0 Å². The minimum Gasteiger partial charge on any atom is -0.434 e. The first-order valence-corrected chi connectivity index (χ1v) is 12.6. The van der Waals surface area contributed by atoms with Crippen LogP contribution in [0.15, 0.2) is 30.6 Å². The summed E-state index contributed by atoms with van der Waals surface area (Å²) in [5.41, 5.74) is 16.0. The maximum atomic E-state index is 3.75. The van der Waals surface area contributed by atoms with Gasteiger partial charge in [0.2, 0.25) is 0 Å². The van der Waals surface area contributed by atoms with Crippen molar-refractivity contribution in [3.63, 3.8) is 0 Å². The van der Waals surface area contributed by atoms with Gasteiger partial charge in [-0.2, -0.15) is 0 Å². The van der Waals surface area contributed by atoms with Crippen LogP contribution in [0.4, 0.5) is 0 Å². The predicted molar refractivity (Wildman–Crippen MR) is 154 cm³/mol. The van der Waals surface area contributed by atoms with E-state index in [9.17, 15) is 0 Å². The van der Waals surface area contributed by atoms with E-state index in [0.717, 1.165) is 0 Å². The van der Waals surface area contributed by atoms with Gasteiger partial charge in [-0.1, -0.05) is 60.8 Å². The molecule has 6 aliphatic rings. The van der Waals surface area contributed by atoms with Gasteiger partial charge >= 0.3 is 63.2 Å². The predicted octanol–water partition coefficient (Wildman–Crippen LogP) is 0.752. The Hall–Kier alpha value is -2.32. The third-order valence-corrected chi connectivity index (χ3v) is 3.44. The van der Waals surface area contributed by atoms with Crippen LogP contribution in [0, 0.1) is 40.0 Å². The van der Waals surface area contributed by atoms with Crippen molar-refractivity contribution in [2.45, 2.75) is 60.8 Å². The standard InChI is InChI=1S/3C4H6N6.3C3H8.3Pt/c3*1-5-6-2-9(1)10-3-7-8-4-10;3*1-3-2;;;/h3*1-5,7H;3*3H2,1-2H3;;;/q3*-2;;;;3*+2. The number of hydrogen-bond acceptors (Lipinski definition) is 18. The van der Waals surface area contributed by atoms with Crippen LogP contribution < -0.4 is 32.6 Å². The summed E-state index contributed by atoms with van der Waals surface area (Å²) in [6.07, 6.45) is 13.6. The zero-order chi connectivity index (χ0) is 28.6. The van der Waals surface area contributed by atoms with Gasteiger partial charge in [-0.15, -0.1) is 40.0 Å². The van der Waals surface area contributed by atoms with E-state index >= 15 is 0 Å². The summed E-state index contributed by atoms with van der Waals surface area (Å²) in [5, 5.41) is 33.0. The van der Waals surface area contributed by atoms with E-state index in [1.807, 2.05) is 0 Å². The molecule has 21 heteroatoms. The molecule has 0 aromatic heterocycles. The summed E-state index contributed by atoms with van der Waals surface area (Å²) in [7, 11) is 0. The Balaban J connectivity index is -0.000000462. The maximum Gasteiger partial charge on any atom is 2.00 e. The van der Waals surface area contributed by atoms with E-state index in [1.54, 1.807) is 108 Å². The second-order valence-corrected chi connectivity index (χ2v) is 7.42. The molecular formula is C21H42N18Pt3. The molecule has 0 fully saturated rings. The van der Waals surface area contributed by atoms with Gasteiger partial charge < -0.3 is 62.6 Å². The zero-order valence-corrected chi connectivity index (χ0v) is 31.2. The SMILES string of the molecule is C1=NN[CH-]N1N1C=NN[CH-]1.C1=NN[CH-]N1N1C=NN[CH-]1.C1=NN[CH-]N1N1C=NN[CH-]1.CCC.CCC.CCC.[Pt+2].[Pt+2].[Pt+2]. The Morgan fingerprint density at radius 3 is 0.548 bits per heavy atom. The molecule has 0 amide bonds. The topological polar surface area (TPSA) is 166 Å². The monoisotopic (exact) mass is 1130 g/mol. The van der Waals surface area contributed by atoms with Crippen molar-refractivity contribution in [2.75, 3.05) is 0 Å². The van der Waals surface area contributed by atoms with Crippen LogP contribution in [0.2, 0.25) is 0 Å². The Morgan fingerprint density at radius 1 is 0.357 bits per heavy atom. The Bertz CT molecular complexity index is 624. The molecule has 42 heavy (non-hydrogen) atoms. The van der Waals surface area contributed by atoms with Crippen molar-refractivity contribution in [2.24, 2.45) is 30.6 Å². The van der Waals surface area contributed by atoms with E-state index in [-0.39, 0.29) is 63.2 Å². The largest absolute Gasteiger partial charge is 2.00 e. The van der Waals surface area contributed by atoms with Gasteiger partial charge in [-0.25, -0.2) is 30.6 Å². The first-order chi connectivity index (χ1) is 19.1. The van der Waals surface area contributed by atoms with Crippen LogP contribution in [0.1, 0.15) is 60.8 Å². The van der Waals surface area contributed by atoms with Crippen molar-refractivity contribution >= 4 is 38.0 Å². The summed E-state index contributed by atoms with van der Waals surface area (Å²) in [5.74, 6) is 0. The third kappa shape index (κ3) is 19.0. The van der Waals surface area contributed by atoms with E-state index in [4.69, 9.17) is 0 Å². The molecule has 18 nitrogen and oxygen atoms in total. The molecule has 0 radical (unpaired) electrons. The van der Waals surface area contributed by atoms with Crippen LogP contribution in [-0.4, -0.2) is 68.1 Å². The number of nitrogens with one attached hydrogen (secondary N) is 6. The quantitative estimate of drug-likeness (QED) is 0.221. The number of nitrogens with zero attached hydrogens (tertiary/aromatic N) is 12. The minimum atomic E-state index is 0. The summed E-state index contributed by atoms with van der Waals surface area (Å²) < 4.78 is 0. The summed E-state index contributed by atoms with van der Waals surface area (Å²) in [4.78, 5) is 0. The molecule has 6 heterocycles. The molecule has 0 aromatic carbocycles. The molecule has 0 aliphatic carbocycles. The second-order valence-electron chi connectivity index (χ2n) is 7.42. The number of rotatable bonds is 3. The van der Waals surface area contributed by atoms with E-state index in [2.05, 4.69) is 105 Å². The van der Waals surface area contributed by atoms with E-state index in [0.29, 0.717) is 0 Å². The fourth-order valence-electron chi connectivity index (χ4n) is 2.07. The van der Waals surface area contributed by atoms with Crippen LogP contribution in [0.5, 0.6) is 0 Å². The van der Waals surface area contributed by atoms with Gasteiger partial charge in [0.05, 0.1) is 38.0 Å². The zero-order valence-electron chi connectivity index (χ0n) is 24.4. The van der Waals surface area contributed by atoms with Crippen LogP contribution in [-0.2, 0) is 63.2 Å². The molecule has 0 bridgehead atoms. The molecule has 0 spiro atoms. The average molecular weight is 1130 g/mol. The van der Waals surface area contributed by atoms with Gasteiger partial charge in [-0.05, 0) is 0 Å². The van der Waals surface area contributed by atoms with Gasteiger partial charge in [0, 0.05) is 0 Å².